The summed E-state index contributed by atoms with van der Waals surface area (Å²) >= 11 is 2.67. The average molecular weight is 335 g/mol. The molecule has 0 saturated heterocycles. The molecule has 8 heteroatoms. The zero-order chi connectivity index (χ0) is 15.3. The Bertz CT molecular complexity index is 780. The van der Waals surface area contributed by atoms with E-state index in [0.717, 1.165) is 46.0 Å². The summed E-state index contributed by atoms with van der Waals surface area (Å²) in [4.78, 5) is 25.6. The standard InChI is InChI=1S/C14H13N3O3S2/c18-14-12-11(7-3-1-2-4-8(7)22-12)15-13(16-14)9-5-6-10(21-9)17(19)20/h5-6,13,15H,1-4H2,(H,16,18). The summed E-state index contributed by atoms with van der Waals surface area (Å²) in [6.07, 6.45) is 3.97. The van der Waals surface area contributed by atoms with Gasteiger partial charge in [0.1, 0.15) is 11.0 Å². The number of rotatable bonds is 2. The molecule has 2 N–H and O–H groups in total. The maximum absolute atomic E-state index is 12.4. The first kappa shape index (κ1) is 13.7. The molecule has 4 rings (SSSR count). The highest BCUT2D eigenvalue weighted by atomic mass is 32.1. The van der Waals surface area contributed by atoms with Gasteiger partial charge in [0, 0.05) is 10.9 Å². The van der Waals surface area contributed by atoms with Crippen molar-refractivity contribution in [3.05, 3.63) is 42.4 Å². The minimum Gasteiger partial charge on any atom is -0.359 e. The Kier molecular flexibility index (Phi) is 3.16. The lowest BCUT2D eigenvalue weighted by Gasteiger charge is -2.26. The zero-order valence-electron chi connectivity index (χ0n) is 11.5. The molecule has 1 atom stereocenters. The van der Waals surface area contributed by atoms with Gasteiger partial charge in [0.25, 0.3) is 5.91 Å². The first-order valence-corrected chi connectivity index (χ1v) is 8.73. The van der Waals surface area contributed by atoms with Crippen molar-refractivity contribution in [2.45, 2.75) is 31.8 Å². The number of carbonyl (C=O) groups excluding carboxylic acids is 1. The van der Waals surface area contributed by atoms with Gasteiger partial charge < -0.3 is 10.6 Å². The molecule has 0 fully saturated rings. The highest BCUT2D eigenvalue weighted by molar-refractivity contribution is 7.15. The Morgan fingerprint density at radius 1 is 1.18 bits per heavy atom. The van der Waals surface area contributed by atoms with Crippen LogP contribution in [0.2, 0.25) is 0 Å². The van der Waals surface area contributed by atoms with Crippen molar-refractivity contribution in [3.8, 4) is 0 Å². The number of nitro groups is 1. The van der Waals surface area contributed by atoms with Crippen molar-refractivity contribution in [2.24, 2.45) is 0 Å². The number of aryl methyl sites for hydroxylation is 1. The van der Waals surface area contributed by atoms with E-state index in [1.54, 1.807) is 17.4 Å². The van der Waals surface area contributed by atoms with Gasteiger partial charge in [0.2, 0.25) is 0 Å². The predicted molar refractivity (Wildman–Crippen MR) is 85.8 cm³/mol. The zero-order valence-corrected chi connectivity index (χ0v) is 13.2. The van der Waals surface area contributed by atoms with Crippen molar-refractivity contribution in [1.29, 1.82) is 0 Å². The van der Waals surface area contributed by atoms with E-state index in [0.29, 0.717) is 0 Å². The predicted octanol–water partition coefficient (Wildman–Crippen LogP) is 3.45. The van der Waals surface area contributed by atoms with Crippen LogP contribution in [0, 0.1) is 10.1 Å². The first-order valence-electron chi connectivity index (χ1n) is 7.09. The summed E-state index contributed by atoms with van der Waals surface area (Å²) in [6, 6.07) is 3.18. The van der Waals surface area contributed by atoms with E-state index in [1.165, 1.54) is 22.9 Å². The lowest BCUT2D eigenvalue weighted by molar-refractivity contribution is -0.380. The number of amides is 1. The Labute approximate surface area is 134 Å². The molecule has 2 aliphatic rings. The van der Waals surface area contributed by atoms with Gasteiger partial charge in [-0.1, -0.05) is 11.3 Å². The second kappa shape index (κ2) is 5.06. The van der Waals surface area contributed by atoms with E-state index in [4.69, 9.17) is 0 Å². The number of hydrogen-bond donors (Lipinski definition) is 2. The molecule has 114 valence electrons. The molecule has 0 spiro atoms. The van der Waals surface area contributed by atoms with Gasteiger partial charge in [-0.15, -0.1) is 11.3 Å². The topological polar surface area (TPSA) is 84.3 Å². The number of fused-ring (bicyclic) bond motifs is 3. The van der Waals surface area contributed by atoms with Crippen LogP contribution in [0.5, 0.6) is 0 Å². The Morgan fingerprint density at radius 2 is 2.00 bits per heavy atom. The second-order valence-corrected chi connectivity index (χ2v) is 7.60. The molecular weight excluding hydrogens is 322 g/mol. The summed E-state index contributed by atoms with van der Waals surface area (Å²) in [5, 5.41) is 17.2. The first-order chi connectivity index (χ1) is 10.6. The number of nitrogens with one attached hydrogen (secondary N) is 2. The van der Waals surface area contributed by atoms with Crippen LogP contribution in [0.4, 0.5) is 10.7 Å². The van der Waals surface area contributed by atoms with E-state index in [2.05, 4.69) is 10.6 Å². The van der Waals surface area contributed by atoms with E-state index < -0.39 is 4.92 Å². The molecule has 0 radical (unpaired) electrons. The van der Waals surface area contributed by atoms with Crippen molar-refractivity contribution in [2.75, 3.05) is 5.32 Å². The van der Waals surface area contributed by atoms with Crippen LogP contribution in [-0.2, 0) is 12.8 Å². The second-order valence-electron chi connectivity index (χ2n) is 5.40. The third kappa shape index (κ3) is 2.10. The van der Waals surface area contributed by atoms with Crippen molar-refractivity contribution < 1.29 is 9.72 Å². The highest BCUT2D eigenvalue weighted by Crippen LogP contribution is 2.42. The van der Waals surface area contributed by atoms with Gasteiger partial charge in [-0.3, -0.25) is 14.9 Å². The Morgan fingerprint density at radius 3 is 2.77 bits per heavy atom. The fraction of sp³-hybridized carbons (Fsp3) is 0.357. The van der Waals surface area contributed by atoms with E-state index in [-0.39, 0.29) is 17.1 Å². The smallest absolute Gasteiger partial charge is 0.324 e. The monoisotopic (exact) mass is 335 g/mol. The number of thiophene rings is 2. The van der Waals surface area contributed by atoms with E-state index in [1.807, 2.05) is 0 Å². The SMILES string of the molecule is O=C1NC(c2ccc([N+](=O)[O-])s2)Nc2c1sc1c2CCCC1. The van der Waals surface area contributed by atoms with Crippen LogP contribution in [-0.4, -0.2) is 10.8 Å². The summed E-state index contributed by atoms with van der Waals surface area (Å²) in [7, 11) is 0. The highest BCUT2D eigenvalue weighted by Gasteiger charge is 2.32. The minimum atomic E-state index is -0.406. The number of hydrogen-bond acceptors (Lipinski definition) is 6. The van der Waals surface area contributed by atoms with Crippen LogP contribution >= 0.6 is 22.7 Å². The molecule has 2 aromatic rings. The molecule has 1 amide bonds. The number of anilines is 1. The summed E-state index contributed by atoms with van der Waals surface area (Å²) < 4.78 is 0. The fourth-order valence-electron chi connectivity index (χ4n) is 2.99. The van der Waals surface area contributed by atoms with Gasteiger partial charge in [-0.25, -0.2) is 0 Å². The Hall–Kier alpha value is -1.93. The molecule has 22 heavy (non-hydrogen) atoms. The van der Waals surface area contributed by atoms with Crippen LogP contribution in [0.1, 0.15) is 44.0 Å². The molecule has 1 aliphatic carbocycles. The molecule has 1 unspecified atom stereocenters. The van der Waals surface area contributed by atoms with Gasteiger partial charge in [0.05, 0.1) is 15.5 Å². The third-order valence-corrected chi connectivity index (χ3v) is 6.41. The number of carbonyl (C=O) groups is 1. The maximum atomic E-state index is 12.4. The quantitative estimate of drug-likeness (QED) is 0.650. The van der Waals surface area contributed by atoms with E-state index >= 15 is 0 Å². The fourth-order valence-corrected chi connectivity index (χ4v) is 5.07. The molecule has 0 bridgehead atoms. The Balaban J connectivity index is 1.70. The molecule has 6 nitrogen and oxygen atoms in total. The maximum Gasteiger partial charge on any atom is 0.324 e. The van der Waals surface area contributed by atoms with Crippen molar-refractivity contribution >= 4 is 39.3 Å². The molecule has 1 aliphatic heterocycles. The molecular formula is C14H13N3O3S2. The summed E-state index contributed by atoms with van der Waals surface area (Å²) in [5.74, 6) is -0.0887. The summed E-state index contributed by atoms with van der Waals surface area (Å²) in [6.45, 7) is 0. The average Bonchev–Trinajstić information content (AvgIpc) is 3.12. The van der Waals surface area contributed by atoms with Crippen LogP contribution in [0.15, 0.2) is 12.1 Å². The minimum absolute atomic E-state index is 0.0872. The molecule has 0 aromatic carbocycles. The molecule has 2 aromatic heterocycles. The molecule has 3 heterocycles. The van der Waals surface area contributed by atoms with Crippen LogP contribution in [0.25, 0.3) is 0 Å². The van der Waals surface area contributed by atoms with Crippen molar-refractivity contribution in [1.82, 2.24) is 5.32 Å². The number of nitrogens with zero attached hydrogens (tertiary/aromatic N) is 1. The van der Waals surface area contributed by atoms with Gasteiger partial charge in [0.15, 0.2) is 0 Å². The van der Waals surface area contributed by atoms with Crippen molar-refractivity contribution in [3.63, 3.8) is 0 Å². The van der Waals surface area contributed by atoms with Gasteiger partial charge in [-0.05, 0) is 37.3 Å². The molecule has 0 saturated carbocycles. The van der Waals surface area contributed by atoms with E-state index in [9.17, 15) is 14.9 Å². The largest absolute Gasteiger partial charge is 0.359 e. The van der Waals surface area contributed by atoms with Gasteiger partial charge >= 0.3 is 5.00 Å². The van der Waals surface area contributed by atoms with Gasteiger partial charge in [-0.2, -0.15) is 0 Å². The normalized spacial score (nSPS) is 19.8. The third-order valence-electron chi connectivity index (χ3n) is 4.02. The summed E-state index contributed by atoms with van der Waals surface area (Å²) in [5.41, 5.74) is 2.20. The lowest BCUT2D eigenvalue weighted by atomic mass is 9.97. The lowest BCUT2D eigenvalue weighted by Crippen LogP contribution is -2.37. The van der Waals surface area contributed by atoms with Crippen LogP contribution in [0.3, 0.4) is 0 Å². The van der Waals surface area contributed by atoms with Crippen LogP contribution < -0.4 is 10.6 Å².